The molecule has 1 heterocycles. The normalized spacial score (nSPS) is 18.9. The largest absolute Gasteiger partial charge is 0.484 e. The molecule has 8 nitrogen and oxygen atoms in total. The van der Waals surface area contributed by atoms with E-state index in [0.29, 0.717) is 6.61 Å². The van der Waals surface area contributed by atoms with Crippen LogP contribution in [-0.4, -0.2) is 59.4 Å². The van der Waals surface area contributed by atoms with Crippen molar-refractivity contribution in [3.63, 3.8) is 0 Å². The zero-order valence-electron chi connectivity index (χ0n) is 17.1. The Hall–Kier alpha value is -1.35. The van der Waals surface area contributed by atoms with Gasteiger partial charge in [0.15, 0.2) is 6.10 Å². The van der Waals surface area contributed by atoms with Crippen LogP contribution >= 0.6 is 0 Å². The van der Waals surface area contributed by atoms with Gasteiger partial charge in [0.05, 0.1) is 19.3 Å². The van der Waals surface area contributed by atoms with Gasteiger partial charge >= 0.3 is 5.97 Å². The lowest BCUT2D eigenvalue weighted by molar-refractivity contribution is -0.284. The average Bonchev–Trinajstić information content (AvgIpc) is 2.98. The second-order valence-corrected chi connectivity index (χ2v) is 7.16. The Morgan fingerprint density at radius 1 is 1.04 bits per heavy atom. The van der Waals surface area contributed by atoms with Gasteiger partial charge in [0, 0.05) is 0 Å². The van der Waals surface area contributed by atoms with Crippen LogP contribution in [0.5, 0.6) is 0 Å². The van der Waals surface area contributed by atoms with Crippen molar-refractivity contribution in [3.8, 4) is 0 Å². The van der Waals surface area contributed by atoms with Crippen LogP contribution in [0.2, 0.25) is 0 Å². The minimum Gasteiger partial charge on any atom is -0.484 e. The van der Waals surface area contributed by atoms with E-state index in [0.717, 1.165) is 19.3 Å². The molecular weight excluding hydrogens is 368 g/mol. The van der Waals surface area contributed by atoms with Crippen LogP contribution in [0.3, 0.4) is 0 Å². The van der Waals surface area contributed by atoms with Crippen LogP contribution in [0.1, 0.15) is 71.6 Å². The van der Waals surface area contributed by atoms with Crippen molar-refractivity contribution in [3.05, 3.63) is 11.5 Å². The molecule has 0 saturated heterocycles. The Bertz CT molecular complexity index is 463. The minimum atomic E-state index is -1.36. The van der Waals surface area contributed by atoms with Gasteiger partial charge < -0.3 is 29.7 Å². The highest BCUT2D eigenvalue weighted by molar-refractivity contribution is 5.89. The average molecular weight is 405 g/mol. The van der Waals surface area contributed by atoms with Gasteiger partial charge in [-0.3, -0.25) is 0 Å². The molecule has 0 aliphatic carbocycles. The Morgan fingerprint density at radius 3 is 2.21 bits per heavy atom. The molecule has 0 bridgehead atoms. The van der Waals surface area contributed by atoms with Gasteiger partial charge in [-0.15, -0.1) is 0 Å². The third-order valence-corrected chi connectivity index (χ3v) is 4.39. The molecule has 0 aromatic carbocycles. The third-order valence-electron chi connectivity index (χ3n) is 4.39. The fraction of sp³-hybridized carbons (Fsp3) is 0.850. The standard InChI is InChI=1S/C20H36O8/c1-3-4-5-6-7-8-9-10-11-12-25-19-18(28-26-14-15(2)22)17(16(23)13-21)27-20(19)24/h15-17,21-23H,3-14H2,1-2H3/t15?,16-,17+/m0/s1. The maximum Gasteiger partial charge on any atom is 0.378 e. The highest BCUT2D eigenvalue weighted by atomic mass is 17.2. The molecule has 0 spiro atoms. The number of hydrogen-bond acceptors (Lipinski definition) is 8. The van der Waals surface area contributed by atoms with Gasteiger partial charge in [0.25, 0.3) is 5.76 Å². The molecule has 0 saturated carbocycles. The van der Waals surface area contributed by atoms with Crippen LogP contribution in [0.15, 0.2) is 11.5 Å². The van der Waals surface area contributed by atoms with E-state index in [1.54, 1.807) is 0 Å². The Balaban J connectivity index is 2.41. The fourth-order valence-corrected chi connectivity index (χ4v) is 2.80. The monoisotopic (exact) mass is 404 g/mol. The zero-order chi connectivity index (χ0) is 20.8. The summed E-state index contributed by atoms with van der Waals surface area (Å²) in [6.45, 7) is 3.27. The number of rotatable bonds is 17. The number of carbonyl (C=O) groups is 1. The van der Waals surface area contributed by atoms with E-state index in [4.69, 9.17) is 24.4 Å². The Morgan fingerprint density at radius 2 is 1.64 bits per heavy atom. The van der Waals surface area contributed by atoms with E-state index in [1.165, 1.54) is 45.4 Å². The summed E-state index contributed by atoms with van der Waals surface area (Å²) in [6.07, 6.45) is 7.14. The SMILES string of the molecule is CCCCCCCCCCCOC1=C(OOCC(C)O)[C@@H]([C@@H](O)CO)OC1=O. The van der Waals surface area contributed by atoms with Crippen LogP contribution < -0.4 is 0 Å². The van der Waals surface area contributed by atoms with Gasteiger partial charge in [-0.05, 0) is 13.3 Å². The minimum absolute atomic E-state index is 0.122. The molecule has 0 amide bonds. The lowest BCUT2D eigenvalue weighted by Gasteiger charge is -2.17. The summed E-state index contributed by atoms with van der Waals surface area (Å²) in [5, 5.41) is 28.2. The van der Waals surface area contributed by atoms with E-state index in [9.17, 15) is 15.0 Å². The number of aliphatic hydroxyl groups is 3. The molecule has 0 radical (unpaired) electrons. The molecule has 0 aromatic heterocycles. The number of unbranched alkanes of at least 4 members (excludes halogenated alkanes) is 8. The third kappa shape index (κ3) is 9.23. The summed E-state index contributed by atoms with van der Waals surface area (Å²) in [6, 6.07) is 0. The van der Waals surface area contributed by atoms with Crippen molar-refractivity contribution in [1.29, 1.82) is 0 Å². The number of cyclic esters (lactones) is 1. The molecule has 0 aromatic rings. The van der Waals surface area contributed by atoms with Crippen molar-refractivity contribution < 1.29 is 39.4 Å². The lowest BCUT2D eigenvalue weighted by atomic mass is 10.1. The fourth-order valence-electron chi connectivity index (χ4n) is 2.80. The summed E-state index contributed by atoms with van der Waals surface area (Å²) in [5.41, 5.74) is 0. The zero-order valence-corrected chi connectivity index (χ0v) is 17.1. The van der Waals surface area contributed by atoms with Gasteiger partial charge in [-0.2, -0.15) is 4.89 Å². The van der Waals surface area contributed by atoms with Crippen molar-refractivity contribution in [2.75, 3.05) is 19.8 Å². The molecule has 1 unspecified atom stereocenters. The number of aliphatic hydroxyl groups excluding tert-OH is 3. The molecule has 3 N–H and O–H groups in total. The molecule has 1 aliphatic heterocycles. The molecule has 3 atom stereocenters. The number of esters is 1. The number of carbonyl (C=O) groups excluding carboxylic acids is 1. The van der Waals surface area contributed by atoms with Crippen molar-refractivity contribution in [2.24, 2.45) is 0 Å². The quantitative estimate of drug-likeness (QED) is 0.146. The van der Waals surface area contributed by atoms with Gasteiger partial charge in [0.1, 0.15) is 12.7 Å². The van der Waals surface area contributed by atoms with Crippen LogP contribution in [0.4, 0.5) is 0 Å². The summed E-state index contributed by atoms with van der Waals surface area (Å²) in [7, 11) is 0. The molecule has 1 rings (SSSR count). The molecule has 8 heteroatoms. The second-order valence-electron chi connectivity index (χ2n) is 7.16. The first kappa shape index (κ1) is 24.7. The first-order chi connectivity index (χ1) is 13.5. The predicted molar refractivity (Wildman–Crippen MR) is 102 cm³/mol. The van der Waals surface area contributed by atoms with Crippen molar-refractivity contribution >= 4 is 5.97 Å². The Kier molecular flexibility index (Phi) is 12.9. The van der Waals surface area contributed by atoms with Crippen LogP contribution in [0.25, 0.3) is 0 Å². The number of hydrogen-bond donors (Lipinski definition) is 3. The van der Waals surface area contributed by atoms with E-state index in [-0.39, 0.29) is 18.1 Å². The molecular formula is C20H36O8. The lowest BCUT2D eigenvalue weighted by Crippen LogP contribution is -2.32. The Labute approximate surface area is 167 Å². The van der Waals surface area contributed by atoms with Crippen molar-refractivity contribution in [2.45, 2.75) is 89.9 Å². The second kappa shape index (κ2) is 14.6. The van der Waals surface area contributed by atoms with E-state index in [2.05, 4.69) is 6.92 Å². The topological polar surface area (TPSA) is 115 Å². The molecule has 28 heavy (non-hydrogen) atoms. The maximum absolute atomic E-state index is 12.0. The first-order valence-electron chi connectivity index (χ1n) is 10.4. The smallest absolute Gasteiger partial charge is 0.378 e. The highest BCUT2D eigenvalue weighted by Crippen LogP contribution is 2.28. The van der Waals surface area contributed by atoms with Gasteiger partial charge in [-0.25, -0.2) is 4.79 Å². The van der Waals surface area contributed by atoms with E-state index < -0.39 is 30.9 Å². The number of ether oxygens (including phenoxy) is 2. The molecule has 0 fully saturated rings. The molecule has 1 aliphatic rings. The predicted octanol–water partition coefficient (Wildman–Crippen LogP) is 2.35. The van der Waals surface area contributed by atoms with Crippen molar-refractivity contribution in [1.82, 2.24) is 0 Å². The van der Waals surface area contributed by atoms with E-state index >= 15 is 0 Å². The molecule has 164 valence electrons. The van der Waals surface area contributed by atoms with Crippen LogP contribution in [-0.2, 0) is 24.0 Å². The maximum atomic E-state index is 12.0. The summed E-state index contributed by atoms with van der Waals surface area (Å²) in [5.74, 6) is -1.06. The first-order valence-corrected chi connectivity index (χ1v) is 10.4. The summed E-state index contributed by atoms with van der Waals surface area (Å²) < 4.78 is 10.5. The van der Waals surface area contributed by atoms with Gasteiger partial charge in [0.2, 0.25) is 5.76 Å². The summed E-state index contributed by atoms with van der Waals surface area (Å²) in [4.78, 5) is 21.9. The summed E-state index contributed by atoms with van der Waals surface area (Å²) >= 11 is 0. The van der Waals surface area contributed by atoms with Crippen LogP contribution in [0, 0.1) is 0 Å². The highest BCUT2D eigenvalue weighted by Gasteiger charge is 2.43. The van der Waals surface area contributed by atoms with Gasteiger partial charge in [-0.1, -0.05) is 58.3 Å². The van der Waals surface area contributed by atoms with E-state index in [1.807, 2.05) is 0 Å².